The molecule has 0 aliphatic heterocycles. The minimum Gasteiger partial charge on any atom is -0.351 e. The highest BCUT2D eigenvalue weighted by Gasteiger charge is 2.20. The fourth-order valence-electron chi connectivity index (χ4n) is 2.64. The highest BCUT2D eigenvalue weighted by atomic mass is 16.1. The lowest BCUT2D eigenvalue weighted by molar-refractivity contribution is 0.0929. The summed E-state index contributed by atoms with van der Waals surface area (Å²) in [6.07, 6.45) is 1.64. The molecule has 122 valence electrons. The zero-order valence-electron chi connectivity index (χ0n) is 14.3. The standard InChI is InChI=1S/C19H25N3O/c1-19(2,14-22(3)4)13-21-18(23)16-10-11-17(20-12-16)15-8-6-5-7-9-15/h5-12H,13-14H2,1-4H3,(H,21,23). The first-order valence-corrected chi connectivity index (χ1v) is 7.82. The van der Waals surface area contributed by atoms with E-state index in [0.717, 1.165) is 17.8 Å². The molecule has 4 nitrogen and oxygen atoms in total. The molecule has 1 aromatic carbocycles. The van der Waals surface area contributed by atoms with Gasteiger partial charge in [-0.3, -0.25) is 9.78 Å². The van der Waals surface area contributed by atoms with Gasteiger partial charge in [0.1, 0.15) is 0 Å². The number of rotatable bonds is 6. The van der Waals surface area contributed by atoms with Crippen molar-refractivity contribution >= 4 is 5.91 Å². The maximum atomic E-state index is 12.3. The van der Waals surface area contributed by atoms with Gasteiger partial charge in [-0.2, -0.15) is 0 Å². The smallest absolute Gasteiger partial charge is 0.252 e. The molecule has 0 aliphatic carbocycles. The number of aromatic nitrogens is 1. The van der Waals surface area contributed by atoms with Gasteiger partial charge in [0, 0.05) is 24.8 Å². The molecule has 0 saturated carbocycles. The van der Waals surface area contributed by atoms with Gasteiger partial charge in [-0.05, 0) is 31.6 Å². The summed E-state index contributed by atoms with van der Waals surface area (Å²) in [7, 11) is 4.07. The van der Waals surface area contributed by atoms with Crippen LogP contribution in [0, 0.1) is 5.41 Å². The van der Waals surface area contributed by atoms with Crippen molar-refractivity contribution in [2.45, 2.75) is 13.8 Å². The summed E-state index contributed by atoms with van der Waals surface area (Å²) >= 11 is 0. The Morgan fingerprint density at radius 2 is 1.83 bits per heavy atom. The first-order valence-electron chi connectivity index (χ1n) is 7.82. The number of carbonyl (C=O) groups excluding carboxylic acids is 1. The van der Waals surface area contributed by atoms with Crippen LogP contribution in [0.2, 0.25) is 0 Å². The Balaban J connectivity index is 1.98. The second-order valence-electron chi connectivity index (χ2n) is 6.88. The van der Waals surface area contributed by atoms with E-state index in [2.05, 4.69) is 29.0 Å². The van der Waals surface area contributed by atoms with Gasteiger partial charge in [-0.25, -0.2) is 0 Å². The molecule has 1 amide bonds. The van der Waals surface area contributed by atoms with E-state index in [1.54, 1.807) is 6.20 Å². The lowest BCUT2D eigenvalue weighted by Crippen LogP contribution is -2.40. The van der Waals surface area contributed by atoms with Gasteiger partial charge in [0.05, 0.1) is 11.3 Å². The predicted octanol–water partition coefficient (Wildman–Crippen LogP) is 3.07. The molecule has 0 bridgehead atoms. The highest BCUT2D eigenvalue weighted by molar-refractivity contribution is 5.94. The fourth-order valence-corrected chi connectivity index (χ4v) is 2.64. The van der Waals surface area contributed by atoms with Crippen molar-refractivity contribution in [1.29, 1.82) is 0 Å². The molecule has 1 N–H and O–H groups in total. The Hall–Kier alpha value is -2.20. The molecule has 23 heavy (non-hydrogen) atoms. The molecule has 1 heterocycles. The van der Waals surface area contributed by atoms with Crippen LogP contribution in [0.1, 0.15) is 24.2 Å². The monoisotopic (exact) mass is 311 g/mol. The minimum absolute atomic E-state index is 0.0244. The fraction of sp³-hybridized carbons (Fsp3) is 0.368. The maximum Gasteiger partial charge on any atom is 0.252 e. The van der Waals surface area contributed by atoms with Gasteiger partial charge in [-0.1, -0.05) is 44.2 Å². The normalized spacial score (nSPS) is 11.5. The summed E-state index contributed by atoms with van der Waals surface area (Å²) < 4.78 is 0. The third-order valence-electron chi connectivity index (χ3n) is 3.57. The summed E-state index contributed by atoms with van der Waals surface area (Å²) in [6, 6.07) is 13.6. The van der Waals surface area contributed by atoms with Crippen molar-refractivity contribution < 1.29 is 4.79 Å². The number of carbonyl (C=O) groups is 1. The summed E-state index contributed by atoms with van der Waals surface area (Å²) in [5.74, 6) is -0.0797. The molecule has 0 aliphatic rings. The van der Waals surface area contributed by atoms with Gasteiger partial charge in [0.25, 0.3) is 5.91 Å². The Kier molecular flexibility index (Phi) is 5.50. The molecule has 0 atom stereocenters. The molecule has 4 heteroatoms. The third kappa shape index (κ3) is 5.18. The van der Waals surface area contributed by atoms with E-state index < -0.39 is 0 Å². The first-order chi connectivity index (χ1) is 10.9. The number of pyridine rings is 1. The zero-order chi connectivity index (χ0) is 16.9. The van der Waals surface area contributed by atoms with Gasteiger partial charge >= 0.3 is 0 Å². The van der Waals surface area contributed by atoms with E-state index in [-0.39, 0.29) is 11.3 Å². The van der Waals surface area contributed by atoms with Gasteiger partial charge in [-0.15, -0.1) is 0 Å². The van der Waals surface area contributed by atoms with Crippen molar-refractivity contribution in [3.63, 3.8) is 0 Å². The van der Waals surface area contributed by atoms with Crippen molar-refractivity contribution in [2.75, 3.05) is 27.2 Å². The van der Waals surface area contributed by atoms with Gasteiger partial charge in [0.2, 0.25) is 0 Å². The van der Waals surface area contributed by atoms with Crippen LogP contribution in [0.5, 0.6) is 0 Å². The third-order valence-corrected chi connectivity index (χ3v) is 3.57. The highest BCUT2D eigenvalue weighted by Crippen LogP contribution is 2.17. The summed E-state index contributed by atoms with van der Waals surface area (Å²) in [6.45, 7) is 5.83. The number of hydrogen-bond donors (Lipinski definition) is 1. The second kappa shape index (κ2) is 7.38. The van der Waals surface area contributed by atoms with Crippen LogP contribution in [-0.2, 0) is 0 Å². The first kappa shape index (κ1) is 17.2. The van der Waals surface area contributed by atoms with Crippen LogP contribution in [0.4, 0.5) is 0 Å². The minimum atomic E-state index is -0.0797. The molecule has 2 aromatic rings. The number of nitrogens with one attached hydrogen (secondary N) is 1. The molecule has 0 spiro atoms. The summed E-state index contributed by atoms with van der Waals surface area (Å²) in [5.41, 5.74) is 2.53. The molecule has 0 unspecified atom stereocenters. The van der Waals surface area contributed by atoms with Crippen LogP contribution in [0.3, 0.4) is 0 Å². The van der Waals surface area contributed by atoms with E-state index in [9.17, 15) is 4.79 Å². The average Bonchev–Trinajstić information content (AvgIpc) is 2.52. The van der Waals surface area contributed by atoms with Crippen LogP contribution in [0.25, 0.3) is 11.3 Å². The molecular weight excluding hydrogens is 286 g/mol. The van der Waals surface area contributed by atoms with Crippen LogP contribution in [0.15, 0.2) is 48.7 Å². The lowest BCUT2D eigenvalue weighted by atomic mass is 9.93. The Morgan fingerprint density at radius 1 is 1.13 bits per heavy atom. The Bertz CT molecular complexity index is 633. The quantitative estimate of drug-likeness (QED) is 0.892. The zero-order valence-corrected chi connectivity index (χ0v) is 14.3. The van der Waals surface area contributed by atoms with E-state index >= 15 is 0 Å². The number of hydrogen-bond acceptors (Lipinski definition) is 3. The molecule has 0 radical (unpaired) electrons. The van der Waals surface area contributed by atoms with Gasteiger partial charge in [0.15, 0.2) is 0 Å². The second-order valence-corrected chi connectivity index (χ2v) is 6.88. The molecule has 2 rings (SSSR count). The number of benzene rings is 1. The van der Waals surface area contributed by atoms with E-state index in [1.807, 2.05) is 56.6 Å². The summed E-state index contributed by atoms with van der Waals surface area (Å²) in [4.78, 5) is 18.8. The molecular formula is C19H25N3O. The number of nitrogens with zero attached hydrogens (tertiary/aromatic N) is 2. The largest absolute Gasteiger partial charge is 0.351 e. The Labute approximate surface area is 138 Å². The van der Waals surface area contributed by atoms with Crippen molar-refractivity contribution in [1.82, 2.24) is 15.2 Å². The van der Waals surface area contributed by atoms with E-state index in [4.69, 9.17) is 0 Å². The van der Waals surface area contributed by atoms with Crippen LogP contribution < -0.4 is 5.32 Å². The van der Waals surface area contributed by atoms with Crippen LogP contribution >= 0.6 is 0 Å². The predicted molar refractivity (Wildman–Crippen MR) is 94.3 cm³/mol. The molecule has 0 saturated heterocycles. The van der Waals surface area contributed by atoms with E-state index in [0.29, 0.717) is 12.1 Å². The van der Waals surface area contributed by atoms with Crippen molar-refractivity contribution in [3.05, 3.63) is 54.2 Å². The van der Waals surface area contributed by atoms with Crippen molar-refractivity contribution in [3.8, 4) is 11.3 Å². The van der Waals surface area contributed by atoms with Gasteiger partial charge < -0.3 is 10.2 Å². The lowest BCUT2D eigenvalue weighted by Gasteiger charge is -2.28. The molecule has 1 aromatic heterocycles. The van der Waals surface area contributed by atoms with E-state index in [1.165, 1.54) is 0 Å². The van der Waals surface area contributed by atoms with Crippen LogP contribution in [-0.4, -0.2) is 43.0 Å². The average molecular weight is 311 g/mol. The molecule has 0 fully saturated rings. The van der Waals surface area contributed by atoms with Crippen molar-refractivity contribution in [2.24, 2.45) is 5.41 Å². The number of amides is 1. The Morgan fingerprint density at radius 3 is 2.39 bits per heavy atom. The topological polar surface area (TPSA) is 45.2 Å². The summed E-state index contributed by atoms with van der Waals surface area (Å²) in [5, 5.41) is 3.00. The maximum absolute atomic E-state index is 12.3. The SMILES string of the molecule is CN(C)CC(C)(C)CNC(=O)c1ccc(-c2ccccc2)nc1.